The van der Waals surface area contributed by atoms with Gasteiger partial charge in [-0.3, -0.25) is 4.79 Å². The van der Waals surface area contributed by atoms with Gasteiger partial charge in [0.15, 0.2) is 5.82 Å². The van der Waals surface area contributed by atoms with E-state index in [0.717, 1.165) is 52.6 Å². The number of hydrogen-bond acceptors (Lipinski definition) is 5. The molecule has 0 bridgehead atoms. The van der Waals surface area contributed by atoms with Crippen molar-refractivity contribution in [3.05, 3.63) is 41.8 Å². The summed E-state index contributed by atoms with van der Waals surface area (Å²) in [6.07, 6.45) is 2.23. The summed E-state index contributed by atoms with van der Waals surface area (Å²) < 4.78 is 0. The number of thioether (sulfide) groups is 1. The molecule has 0 unspecified atom stereocenters. The average molecular weight is 370 g/mol. The minimum atomic E-state index is -0.146. The SMILES string of the molecule is C[C@@H](Sc1nc(-c2cccs2)nc2ccccc12)C(=O)N1CCCC1. The number of carbonyl (C=O) groups is 1. The Hall–Kier alpha value is -1.92. The van der Waals surface area contributed by atoms with Gasteiger partial charge in [0.1, 0.15) is 5.03 Å². The third-order valence-electron chi connectivity index (χ3n) is 4.36. The zero-order valence-corrected chi connectivity index (χ0v) is 15.6. The van der Waals surface area contributed by atoms with Crippen LogP contribution in [-0.4, -0.2) is 39.1 Å². The van der Waals surface area contributed by atoms with E-state index in [1.54, 1.807) is 23.1 Å². The van der Waals surface area contributed by atoms with E-state index in [-0.39, 0.29) is 11.2 Å². The number of fused-ring (bicyclic) bond motifs is 1. The maximum Gasteiger partial charge on any atom is 0.235 e. The Morgan fingerprint density at radius 1 is 1.16 bits per heavy atom. The third kappa shape index (κ3) is 3.41. The zero-order chi connectivity index (χ0) is 17.2. The van der Waals surface area contributed by atoms with Crippen molar-refractivity contribution in [3.8, 4) is 10.7 Å². The van der Waals surface area contributed by atoms with Crippen molar-refractivity contribution in [3.63, 3.8) is 0 Å². The van der Waals surface area contributed by atoms with E-state index in [4.69, 9.17) is 9.97 Å². The predicted molar refractivity (Wildman–Crippen MR) is 104 cm³/mol. The average Bonchev–Trinajstić information content (AvgIpc) is 3.34. The number of hydrogen-bond donors (Lipinski definition) is 0. The molecule has 3 aromatic rings. The number of aromatic nitrogens is 2. The number of likely N-dealkylation sites (tertiary alicyclic amines) is 1. The van der Waals surface area contributed by atoms with Gasteiger partial charge in [-0.05, 0) is 37.3 Å². The molecule has 1 aliphatic rings. The Labute approximate surface area is 155 Å². The van der Waals surface area contributed by atoms with E-state index in [2.05, 4.69) is 0 Å². The van der Waals surface area contributed by atoms with Gasteiger partial charge in [-0.15, -0.1) is 11.3 Å². The first-order valence-electron chi connectivity index (χ1n) is 8.48. The van der Waals surface area contributed by atoms with Gasteiger partial charge in [-0.25, -0.2) is 9.97 Å². The van der Waals surface area contributed by atoms with Crippen LogP contribution in [0.1, 0.15) is 19.8 Å². The molecule has 4 rings (SSSR count). The topological polar surface area (TPSA) is 46.1 Å². The van der Waals surface area contributed by atoms with Gasteiger partial charge in [-0.1, -0.05) is 36.0 Å². The van der Waals surface area contributed by atoms with Gasteiger partial charge in [-0.2, -0.15) is 0 Å². The van der Waals surface area contributed by atoms with Gasteiger partial charge in [0.2, 0.25) is 5.91 Å². The van der Waals surface area contributed by atoms with Crippen molar-refractivity contribution < 1.29 is 4.79 Å². The minimum Gasteiger partial charge on any atom is -0.342 e. The lowest BCUT2D eigenvalue weighted by atomic mass is 10.2. The summed E-state index contributed by atoms with van der Waals surface area (Å²) in [6.45, 7) is 3.75. The van der Waals surface area contributed by atoms with Crippen LogP contribution in [0.5, 0.6) is 0 Å². The number of thiophene rings is 1. The van der Waals surface area contributed by atoms with E-state index >= 15 is 0 Å². The molecule has 3 heterocycles. The summed E-state index contributed by atoms with van der Waals surface area (Å²) in [6, 6.07) is 12.1. The molecule has 0 aliphatic carbocycles. The number of amides is 1. The fourth-order valence-electron chi connectivity index (χ4n) is 3.07. The molecule has 0 radical (unpaired) electrons. The van der Waals surface area contributed by atoms with Crippen LogP contribution in [0.2, 0.25) is 0 Å². The first-order valence-corrected chi connectivity index (χ1v) is 10.2. The second-order valence-electron chi connectivity index (χ2n) is 6.14. The van der Waals surface area contributed by atoms with Crippen molar-refractivity contribution in [2.24, 2.45) is 0 Å². The van der Waals surface area contributed by atoms with Gasteiger partial charge in [0, 0.05) is 18.5 Å². The van der Waals surface area contributed by atoms with Gasteiger partial charge in [0.05, 0.1) is 15.6 Å². The lowest BCUT2D eigenvalue weighted by Gasteiger charge is -2.20. The van der Waals surface area contributed by atoms with E-state index < -0.39 is 0 Å². The molecule has 1 fully saturated rings. The molecule has 25 heavy (non-hydrogen) atoms. The molecule has 2 aromatic heterocycles. The van der Waals surface area contributed by atoms with Crippen molar-refractivity contribution in [1.82, 2.24) is 14.9 Å². The van der Waals surface area contributed by atoms with Gasteiger partial charge < -0.3 is 4.90 Å². The van der Waals surface area contributed by atoms with E-state index in [1.165, 1.54) is 0 Å². The highest BCUT2D eigenvalue weighted by Crippen LogP contribution is 2.32. The second kappa shape index (κ2) is 7.14. The van der Waals surface area contributed by atoms with E-state index in [0.29, 0.717) is 0 Å². The zero-order valence-electron chi connectivity index (χ0n) is 14.0. The summed E-state index contributed by atoms with van der Waals surface area (Å²) in [4.78, 5) is 25.2. The number of carbonyl (C=O) groups excluding carboxylic acids is 1. The van der Waals surface area contributed by atoms with Crippen molar-refractivity contribution in [2.75, 3.05) is 13.1 Å². The highest BCUT2D eigenvalue weighted by molar-refractivity contribution is 8.00. The van der Waals surface area contributed by atoms with Crippen LogP contribution in [0.3, 0.4) is 0 Å². The van der Waals surface area contributed by atoms with Gasteiger partial charge >= 0.3 is 0 Å². The van der Waals surface area contributed by atoms with Crippen molar-refractivity contribution in [2.45, 2.75) is 30.0 Å². The molecule has 6 heteroatoms. The first-order chi connectivity index (χ1) is 12.2. The normalized spacial score (nSPS) is 15.6. The Kier molecular flexibility index (Phi) is 4.72. The van der Waals surface area contributed by atoms with Crippen LogP contribution in [0, 0.1) is 0 Å². The van der Waals surface area contributed by atoms with E-state index in [9.17, 15) is 4.79 Å². The quantitative estimate of drug-likeness (QED) is 0.503. The third-order valence-corrected chi connectivity index (χ3v) is 6.32. The maximum atomic E-state index is 12.7. The highest BCUT2D eigenvalue weighted by Gasteiger charge is 2.25. The van der Waals surface area contributed by atoms with Gasteiger partial charge in [0.25, 0.3) is 0 Å². The van der Waals surface area contributed by atoms with Crippen LogP contribution in [0.4, 0.5) is 0 Å². The van der Waals surface area contributed by atoms with Crippen LogP contribution in [0.15, 0.2) is 46.8 Å². The fourth-order valence-corrected chi connectivity index (χ4v) is 4.75. The summed E-state index contributed by atoms with van der Waals surface area (Å²) in [7, 11) is 0. The number of benzene rings is 1. The molecule has 0 spiro atoms. The summed E-state index contributed by atoms with van der Waals surface area (Å²) >= 11 is 3.17. The van der Waals surface area contributed by atoms with E-state index in [1.807, 2.05) is 53.6 Å². The Morgan fingerprint density at radius 2 is 1.96 bits per heavy atom. The molecule has 0 saturated carbocycles. The smallest absolute Gasteiger partial charge is 0.235 e. The molecule has 1 atom stereocenters. The lowest BCUT2D eigenvalue weighted by Crippen LogP contribution is -2.34. The molecule has 1 amide bonds. The monoisotopic (exact) mass is 369 g/mol. The molecule has 1 saturated heterocycles. The number of nitrogens with zero attached hydrogens (tertiary/aromatic N) is 3. The number of para-hydroxylation sites is 1. The predicted octanol–water partition coefficient (Wildman–Crippen LogP) is 4.46. The largest absolute Gasteiger partial charge is 0.342 e. The Balaban J connectivity index is 1.68. The number of rotatable bonds is 4. The molecule has 0 N–H and O–H groups in total. The Morgan fingerprint density at radius 3 is 2.72 bits per heavy atom. The van der Waals surface area contributed by atoms with Crippen LogP contribution >= 0.6 is 23.1 Å². The maximum absolute atomic E-state index is 12.7. The van der Waals surface area contributed by atoms with Crippen LogP contribution < -0.4 is 0 Å². The fraction of sp³-hybridized carbons (Fsp3) is 0.316. The molecule has 4 nitrogen and oxygen atoms in total. The highest BCUT2D eigenvalue weighted by atomic mass is 32.2. The molecule has 1 aromatic carbocycles. The summed E-state index contributed by atoms with van der Waals surface area (Å²) in [5.41, 5.74) is 0.921. The van der Waals surface area contributed by atoms with Crippen molar-refractivity contribution in [1.29, 1.82) is 0 Å². The van der Waals surface area contributed by atoms with Crippen LogP contribution in [0.25, 0.3) is 21.6 Å². The first kappa shape index (κ1) is 16.5. The van der Waals surface area contributed by atoms with Crippen molar-refractivity contribution >= 4 is 39.9 Å². The minimum absolute atomic E-state index is 0.146. The lowest BCUT2D eigenvalue weighted by molar-refractivity contribution is -0.129. The summed E-state index contributed by atoms with van der Waals surface area (Å²) in [5, 5.41) is 3.77. The molecule has 1 aliphatic heterocycles. The Bertz CT molecular complexity index is 889. The molecular weight excluding hydrogens is 350 g/mol. The molecular formula is C19H19N3OS2. The second-order valence-corrected chi connectivity index (χ2v) is 8.42. The summed E-state index contributed by atoms with van der Waals surface area (Å²) in [5.74, 6) is 0.944. The molecule has 128 valence electrons. The standard InChI is InChI=1S/C19H19N3OS2/c1-13(19(23)22-10-4-5-11-22)25-18-14-7-2-3-8-15(14)20-17(21-18)16-9-6-12-24-16/h2-3,6-9,12-13H,4-5,10-11H2,1H3/t13-/m1/s1. The van der Waals surface area contributed by atoms with Crippen LogP contribution in [-0.2, 0) is 4.79 Å².